The van der Waals surface area contributed by atoms with E-state index in [0.717, 1.165) is 6.07 Å². The van der Waals surface area contributed by atoms with Crippen LogP contribution in [0.2, 0.25) is 0 Å². The van der Waals surface area contributed by atoms with Crippen molar-refractivity contribution in [3.8, 4) is 11.3 Å². The minimum Gasteiger partial charge on any atom is -0.469 e. The topological polar surface area (TPSA) is 123 Å². The predicted molar refractivity (Wildman–Crippen MR) is 98.1 cm³/mol. The number of benzene rings is 1. The van der Waals surface area contributed by atoms with Crippen molar-refractivity contribution < 1.29 is 42.3 Å². The van der Waals surface area contributed by atoms with E-state index in [1.807, 2.05) is 0 Å². The van der Waals surface area contributed by atoms with Crippen LogP contribution < -0.4 is 0 Å². The van der Waals surface area contributed by atoms with Crippen molar-refractivity contribution in [1.29, 1.82) is 0 Å². The largest absolute Gasteiger partial charge is 0.469 e. The van der Waals surface area contributed by atoms with Crippen molar-refractivity contribution in [2.45, 2.75) is 31.2 Å². The zero-order chi connectivity index (χ0) is 22.5. The second kappa shape index (κ2) is 9.55. The van der Waals surface area contributed by atoms with E-state index in [1.54, 1.807) is 0 Å². The molecule has 162 valence electrons. The molecule has 2 rings (SSSR count). The molecule has 0 aliphatic heterocycles. The summed E-state index contributed by atoms with van der Waals surface area (Å²) in [6, 6.07) is 4.84. The maximum absolute atomic E-state index is 12.8. The minimum atomic E-state index is -4.73. The van der Waals surface area contributed by atoms with E-state index in [9.17, 15) is 38.3 Å². The van der Waals surface area contributed by atoms with Crippen LogP contribution >= 0.6 is 0 Å². The zero-order valence-corrected chi connectivity index (χ0v) is 15.6. The molecule has 0 spiro atoms. The second-order valence-electron chi connectivity index (χ2n) is 6.29. The summed E-state index contributed by atoms with van der Waals surface area (Å²) in [5.74, 6) is -0.497. The number of methoxy groups -OCH3 is 1. The van der Waals surface area contributed by atoms with Crippen LogP contribution in [0.5, 0.6) is 0 Å². The molecule has 2 atom stereocenters. The highest BCUT2D eigenvalue weighted by Crippen LogP contribution is 2.37. The van der Waals surface area contributed by atoms with Gasteiger partial charge < -0.3 is 19.4 Å². The molecule has 11 heteroatoms. The number of hydrogen-bond donors (Lipinski definition) is 2. The van der Waals surface area contributed by atoms with Crippen molar-refractivity contribution >= 4 is 17.7 Å². The highest BCUT2D eigenvalue weighted by atomic mass is 19.4. The summed E-state index contributed by atoms with van der Waals surface area (Å²) >= 11 is 0. The van der Waals surface area contributed by atoms with E-state index in [1.165, 1.54) is 31.4 Å². The van der Waals surface area contributed by atoms with Crippen LogP contribution in [0.15, 0.2) is 40.8 Å². The maximum Gasteiger partial charge on any atom is 0.416 e. The highest BCUT2D eigenvalue weighted by Gasteiger charge is 2.33. The van der Waals surface area contributed by atoms with E-state index in [0.29, 0.717) is 12.1 Å². The van der Waals surface area contributed by atoms with Gasteiger partial charge in [0.2, 0.25) is 0 Å². The molecule has 0 radical (unpaired) electrons. The van der Waals surface area contributed by atoms with Gasteiger partial charge in [-0.1, -0.05) is 6.08 Å². The van der Waals surface area contributed by atoms with E-state index >= 15 is 0 Å². The lowest BCUT2D eigenvalue weighted by Gasteiger charge is -2.11. The standard InChI is InChI=1S/C19H18F3NO7/c1-29-18(26)10-13(25)9-12(24)3-4-14-5-7-17(30-14)15-6-2-11(19(20,21)22)8-16(15)23(27)28/h2-8,12-13,24-25H,9-10H2,1H3/t12-,13+/m1/s1. The highest BCUT2D eigenvalue weighted by molar-refractivity contribution is 5.71. The maximum atomic E-state index is 12.8. The van der Waals surface area contributed by atoms with Crippen LogP contribution in [0.4, 0.5) is 18.9 Å². The fourth-order valence-electron chi connectivity index (χ4n) is 2.58. The molecule has 1 heterocycles. The average molecular weight is 429 g/mol. The van der Waals surface area contributed by atoms with Crippen LogP contribution in [0, 0.1) is 10.1 Å². The summed E-state index contributed by atoms with van der Waals surface area (Å²) in [5.41, 5.74) is -2.05. The lowest BCUT2D eigenvalue weighted by atomic mass is 10.1. The summed E-state index contributed by atoms with van der Waals surface area (Å²) in [4.78, 5) is 21.3. The van der Waals surface area contributed by atoms with E-state index < -0.39 is 40.5 Å². The summed E-state index contributed by atoms with van der Waals surface area (Å²) in [7, 11) is 1.17. The number of ether oxygens (including phenoxy) is 1. The van der Waals surface area contributed by atoms with Crippen molar-refractivity contribution in [3.05, 3.63) is 57.8 Å². The third kappa shape index (κ3) is 6.16. The van der Waals surface area contributed by atoms with Crippen molar-refractivity contribution in [2.24, 2.45) is 0 Å². The lowest BCUT2D eigenvalue weighted by Crippen LogP contribution is -2.20. The molecule has 1 aromatic carbocycles. The van der Waals surface area contributed by atoms with Crippen molar-refractivity contribution in [1.82, 2.24) is 0 Å². The fraction of sp³-hybridized carbons (Fsp3) is 0.316. The Labute approximate surface area is 168 Å². The van der Waals surface area contributed by atoms with Crippen LogP contribution in [-0.4, -0.2) is 40.4 Å². The number of aliphatic hydroxyl groups is 2. The molecular weight excluding hydrogens is 411 g/mol. The third-order valence-electron chi connectivity index (χ3n) is 4.04. The monoisotopic (exact) mass is 429 g/mol. The Kier molecular flexibility index (Phi) is 7.35. The molecule has 0 fully saturated rings. The number of furan rings is 1. The number of hydrogen-bond acceptors (Lipinski definition) is 7. The Bertz CT molecular complexity index is 936. The molecule has 0 bridgehead atoms. The Hall–Kier alpha value is -3.18. The summed E-state index contributed by atoms with van der Waals surface area (Å²) in [6.45, 7) is 0. The molecule has 0 unspecified atom stereocenters. The minimum absolute atomic E-state index is 0.0321. The first-order valence-electron chi connectivity index (χ1n) is 8.58. The molecule has 30 heavy (non-hydrogen) atoms. The Morgan fingerprint density at radius 3 is 2.60 bits per heavy atom. The smallest absolute Gasteiger partial charge is 0.416 e. The Morgan fingerprint density at radius 2 is 2.00 bits per heavy atom. The molecule has 0 aliphatic rings. The number of aliphatic hydroxyl groups excluding tert-OH is 2. The molecule has 0 aliphatic carbocycles. The Balaban J connectivity index is 2.15. The summed E-state index contributed by atoms with van der Waals surface area (Å²) in [6.07, 6.45) is -4.82. The number of nitro groups is 1. The van der Waals surface area contributed by atoms with Gasteiger partial charge in [-0.2, -0.15) is 13.2 Å². The van der Waals surface area contributed by atoms with Gasteiger partial charge in [-0.05, 0) is 30.3 Å². The quantitative estimate of drug-likeness (QED) is 0.374. The Morgan fingerprint density at radius 1 is 1.30 bits per heavy atom. The first-order chi connectivity index (χ1) is 14.0. The molecule has 2 aromatic rings. The number of alkyl halides is 3. The van der Waals surface area contributed by atoms with Crippen molar-refractivity contribution in [3.63, 3.8) is 0 Å². The molecule has 0 amide bonds. The number of rotatable bonds is 8. The van der Waals surface area contributed by atoms with Gasteiger partial charge in [0.15, 0.2) is 0 Å². The van der Waals surface area contributed by atoms with Gasteiger partial charge in [0.25, 0.3) is 5.69 Å². The van der Waals surface area contributed by atoms with Crippen LogP contribution in [0.3, 0.4) is 0 Å². The number of nitrogens with zero attached hydrogens (tertiary/aromatic N) is 1. The van der Waals surface area contributed by atoms with E-state index in [2.05, 4.69) is 4.74 Å². The first kappa shape index (κ1) is 23.1. The lowest BCUT2D eigenvalue weighted by molar-refractivity contribution is -0.384. The third-order valence-corrected chi connectivity index (χ3v) is 4.04. The summed E-state index contributed by atoms with van der Waals surface area (Å²) in [5, 5.41) is 30.7. The molecule has 0 saturated carbocycles. The first-order valence-corrected chi connectivity index (χ1v) is 8.58. The molecule has 8 nitrogen and oxygen atoms in total. The molecule has 1 aromatic heterocycles. The summed E-state index contributed by atoms with van der Waals surface area (Å²) < 4.78 is 48.2. The number of carbonyl (C=O) groups is 1. The van der Waals surface area contributed by atoms with Gasteiger partial charge in [-0.3, -0.25) is 14.9 Å². The van der Waals surface area contributed by atoms with E-state index in [-0.39, 0.29) is 29.9 Å². The molecular formula is C19H18F3NO7. The van der Waals surface area contributed by atoms with Crippen molar-refractivity contribution in [2.75, 3.05) is 7.11 Å². The number of esters is 1. The zero-order valence-electron chi connectivity index (χ0n) is 15.6. The average Bonchev–Trinajstić information content (AvgIpc) is 3.13. The predicted octanol–water partition coefficient (Wildman–Crippen LogP) is 3.56. The number of halogens is 3. The van der Waals surface area contributed by atoms with Crippen LogP contribution in [-0.2, 0) is 15.7 Å². The fourth-order valence-corrected chi connectivity index (χ4v) is 2.58. The van der Waals surface area contributed by atoms with Gasteiger partial charge in [0.05, 0.1) is 41.8 Å². The second-order valence-corrected chi connectivity index (χ2v) is 6.29. The normalized spacial score (nSPS) is 13.9. The van der Waals surface area contributed by atoms with Gasteiger partial charge in [-0.25, -0.2) is 0 Å². The van der Waals surface area contributed by atoms with Gasteiger partial charge in [0, 0.05) is 12.5 Å². The number of nitro benzene ring substituents is 1. The number of carbonyl (C=O) groups excluding carboxylic acids is 1. The van der Waals surface area contributed by atoms with E-state index in [4.69, 9.17) is 4.42 Å². The van der Waals surface area contributed by atoms with Crippen LogP contribution in [0.25, 0.3) is 17.4 Å². The van der Waals surface area contributed by atoms with Gasteiger partial charge in [-0.15, -0.1) is 0 Å². The molecule has 2 N–H and O–H groups in total. The van der Waals surface area contributed by atoms with Crippen LogP contribution in [0.1, 0.15) is 24.2 Å². The SMILES string of the molecule is COC(=O)C[C@@H](O)C[C@H](O)C=Cc1ccc(-c2ccc(C(F)(F)F)cc2[N+](=O)[O-])o1. The molecule has 0 saturated heterocycles. The van der Waals surface area contributed by atoms with Gasteiger partial charge >= 0.3 is 12.1 Å². The van der Waals surface area contributed by atoms with Gasteiger partial charge in [0.1, 0.15) is 11.5 Å².